The number of benzene rings is 3. The van der Waals surface area contributed by atoms with E-state index in [1.807, 2.05) is 0 Å². The van der Waals surface area contributed by atoms with Crippen LogP contribution in [0.4, 0.5) is 4.39 Å². The maximum Gasteiger partial charge on any atom is 0.345 e. The van der Waals surface area contributed by atoms with Crippen LogP contribution in [0.15, 0.2) is 77.6 Å². The molecule has 0 spiro atoms. The normalized spacial score (nSPS) is 11.6. The van der Waals surface area contributed by atoms with E-state index in [2.05, 4.69) is 15.3 Å². The number of nitrogens with one attached hydrogen (secondary N) is 2. The number of aryl methyl sites for hydroxylation is 1. The Morgan fingerprint density at radius 3 is 2.66 bits per heavy atom. The van der Waals surface area contributed by atoms with Crippen LogP contribution in [0.1, 0.15) is 18.1 Å². The van der Waals surface area contributed by atoms with Gasteiger partial charge in [0.2, 0.25) is 0 Å². The van der Waals surface area contributed by atoms with Gasteiger partial charge >= 0.3 is 5.69 Å². The Morgan fingerprint density at radius 2 is 1.89 bits per heavy atom. The van der Waals surface area contributed by atoms with E-state index in [9.17, 15) is 19.1 Å². The molecule has 0 aliphatic rings. The third-order valence-electron chi connectivity index (χ3n) is 5.48. The average Bonchev–Trinajstić information content (AvgIpc) is 2.84. The molecule has 0 radical (unpaired) electrons. The first-order valence-electron chi connectivity index (χ1n) is 11.0. The Labute approximate surface area is 201 Å². The number of carbonyl (C=O) groups is 1. The van der Waals surface area contributed by atoms with Gasteiger partial charge in [0.1, 0.15) is 17.3 Å². The van der Waals surface area contributed by atoms with Gasteiger partial charge in [-0.05, 0) is 67.4 Å². The highest BCUT2D eigenvalue weighted by atomic mass is 19.1. The van der Waals surface area contributed by atoms with Crippen LogP contribution >= 0.6 is 0 Å². The van der Waals surface area contributed by atoms with E-state index < -0.39 is 17.7 Å². The summed E-state index contributed by atoms with van der Waals surface area (Å²) in [6.07, 6.45) is -0.834. The molecule has 0 aliphatic heterocycles. The smallest absolute Gasteiger partial charge is 0.345 e. The summed E-state index contributed by atoms with van der Waals surface area (Å²) in [6.45, 7) is 3.42. The van der Waals surface area contributed by atoms with E-state index in [1.165, 1.54) is 6.07 Å². The van der Waals surface area contributed by atoms with E-state index in [0.29, 0.717) is 33.8 Å². The quantitative estimate of drug-likeness (QED) is 0.370. The highest BCUT2D eigenvalue weighted by molar-refractivity contribution is 5.80. The predicted molar refractivity (Wildman–Crippen MR) is 130 cm³/mol. The molecule has 0 saturated heterocycles. The summed E-state index contributed by atoms with van der Waals surface area (Å²) in [5, 5.41) is 12.4. The lowest BCUT2D eigenvalue weighted by molar-refractivity contribution is -0.127. The van der Waals surface area contributed by atoms with E-state index in [1.54, 1.807) is 80.6 Å². The van der Waals surface area contributed by atoms with Crippen molar-refractivity contribution < 1.29 is 19.0 Å². The second-order valence-electron chi connectivity index (χ2n) is 8.08. The number of nitrogens with zero attached hydrogens (tertiary/aromatic N) is 1. The van der Waals surface area contributed by atoms with E-state index in [-0.39, 0.29) is 18.1 Å². The first-order chi connectivity index (χ1) is 16.8. The van der Waals surface area contributed by atoms with Crippen molar-refractivity contribution in [3.63, 3.8) is 0 Å². The summed E-state index contributed by atoms with van der Waals surface area (Å²) in [7, 11) is 0. The summed E-state index contributed by atoms with van der Waals surface area (Å²) in [5.41, 5.74) is 2.88. The highest BCUT2D eigenvalue weighted by Crippen LogP contribution is 2.27. The molecule has 4 aromatic rings. The molecular weight excluding hydrogens is 449 g/mol. The number of aromatic hydroxyl groups is 1. The number of hydrogen-bond donors (Lipinski definition) is 3. The van der Waals surface area contributed by atoms with Crippen molar-refractivity contribution in [2.24, 2.45) is 0 Å². The van der Waals surface area contributed by atoms with E-state index >= 15 is 0 Å². The second-order valence-corrected chi connectivity index (χ2v) is 8.08. The third kappa shape index (κ3) is 5.73. The topological polar surface area (TPSA) is 104 Å². The van der Waals surface area contributed by atoms with Crippen molar-refractivity contribution in [1.29, 1.82) is 0 Å². The van der Waals surface area contributed by atoms with Crippen molar-refractivity contribution in [2.75, 3.05) is 0 Å². The average molecular weight is 474 g/mol. The lowest BCUT2D eigenvalue weighted by Gasteiger charge is -2.15. The van der Waals surface area contributed by atoms with Crippen LogP contribution < -0.4 is 15.7 Å². The number of hydrogen-bond acceptors (Lipinski definition) is 5. The van der Waals surface area contributed by atoms with Crippen molar-refractivity contribution in [3.05, 3.63) is 100 Å². The standard InChI is InChI=1S/C27H24FN3O4/c1-16-12-19(10-11-25(16)32)24-14-23(30-27(34)31-24)18-7-5-8-21(13-18)35-17(2)26(33)29-15-20-6-3-4-9-22(20)28/h3-14,17,32H,15H2,1-2H3,(H,29,33)(H,30,31,34). The van der Waals surface area contributed by atoms with Gasteiger partial charge in [0.15, 0.2) is 6.10 Å². The summed E-state index contributed by atoms with van der Waals surface area (Å²) < 4.78 is 19.6. The molecule has 1 atom stereocenters. The molecule has 1 amide bonds. The number of halogens is 1. The van der Waals surface area contributed by atoms with Crippen molar-refractivity contribution >= 4 is 5.91 Å². The molecule has 1 aromatic heterocycles. The molecule has 0 bridgehead atoms. The molecule has 0 fully saturated rings. The maximum absolute atomic E-state index is 13.8. The Hall–Kier alpha value is -4.46. The Kier molecular flexibility index (Phi) is 6.91. The number of carbonyl (C=O) groups excluding carboxylic acids is 1. The first kappa shape index (κ1) is 23.7. The zero-order valence-corrected chi connectivity index (χ0v) is 19.2. The van der Waals surface area contributed by atoms with Crippen LogP contribution in [0.5, 0.6) is 11.5 Å². The maximum atomic E-state index is 13.8. The molecule has 3 N–H and O–H groups in total. The minimum Gasteiger partial charge on any atom is -0.508 e. The zero-order chi connectivity index (χ0) is 24.9. The summed E-state index contributed by atoms with van der Waals surface area (Å²) in [6, 6.07) is 19.9. The Balaban J connectivity index is 1.50. The van der Waals surface area contributed by atoms with E-state index in [0.717, 1.165) is 5.56 Å². The molecule has 35 heavy (non-hydrogen) atoms. The number of amides is 1. The minimum absolute atomic E-state index is 0.0511. The molecule has 8 heteroatoms. The van der Waals surface area contributed by atoms with Gasteiger partial charge in [-0.2, -0.15) is 4.98 Å². The number of ether oxygens (including phenoxy) is 1. The SMILES string of the molecule is Cc1cc(-c2cc(-c3cccc(OC(C)C(=O)NCc4ccccc4F)c3)nc(=O)[nH]2)ccc1O. The van der Waals surface area contributed by atoms with Gasteiger partial charge in [-0.3, -0.25) is 4.79 Å². The van der Waals surface area contributed by atoms with Crippen LogP contribution in [-0.2, 0) is 11.3 Å². The number of phenolic OH excluding ortho intramolecular Hbond substituents is 1. The second kappa shape index (κ2) is 10.2. The summed E-state index contributed by atoms with van der Waals surface area (Å²) >= 11 is 0. The molecule has 0 aliphatic carbocycles. The van der Waals surface area contributed by atoms with Gasteiger partial charge in [-0.25, -0.2) is 9.18 Å². The van der Waals surface area contributed by atoms with Gasteiger partial charge in [0, 0.05) is 17.7 Å². The number of rotatable bonds is 7. The molecule has 0 saturated carbocycles. The molecule has 4 rings (SSSR count). The molecule has 1 unspecified atom stereocenters. The van der Waals surface area contributed by atoms with Crippen LogP contribution in [0.2, 0.25) is 0 Å². The molecule has 7 nitrogen and oxygen atoms in total. The number of aromatic nitrogens is 2. The fourth-order valence-electron chi connectivity index (χ4n) is 3.54. The van der Waals surface area contributed by atoms with Crippen LogP contribution in [0.25, 0.3) is 22.5 Å². The van der Waals surface area contributed by atoms with Crippen molar-refractivity contribution in [1.82, 2.24) is 15.3 Å². The molecule has 178 valence electrons. The highest BCUT2D eigenvalue weighted by Gasteiger charge is 2.16. The van der Waals surface area contributed by atoms with E-state index in [4.69, 9.17) is 4.74 Å². The zero-order valence-electron chi connectivity index (χ0n) is 19.2. The van der Waals surface area contributed by atoms with Gasteiger partial charge in [0.05, 0.1) is 11.4 Å². The lowest BCUT2D eigenvalue weighted by atomic mass is 10.1. The van der Waals surface area contributed by atoms with Gasteiger partial charge < -0.3 is 20.1 Å². The van der Waals surface area contributed by atoms with Crippen LogP contribution in [-0.4, -0.2) is 27.1 Å². The van der Waals surface area contributed by atoms with Crippen LogP contribution in [0, 0.1) is 12.7 Å². The minimum atomic E-state index is -0.834. The van der Waals surface area contributed by atoms with Crippen molar-refractivity contribution in [3.8, 4) is 34.0 Å². The molecular formula is C27H24FN3O4. The summed E-state index contributed by atoms with van der Waals surface area (Å²) in [5.74, 6) is -0.193. The van der Waals surface area contributed by atoms with Gasteiger partial charge in [-0.15, -0.1) is 0 Å². The number of H-pyrrole nitrogens is 1. The third-order valence-corrected chi connectivity index (χ3v) is 5.48. The monoisotopic (exact) mass is 473 g/mol. The van der Waals surface area contributed by atoms with Crippen LogP contribution in [0.3, 0.4) is 0 Å². The fourth-order valence-corrected chi connectivity index (χ4v) is 3.54. The fraction of sp³-hybridized carbons (Fsp3) is 0.148. The van der Waals surface area contributed by atoms with Gasteiger partial charge in [-0.1, -0.05) is 30.3 Å². The Bertz CT molecular complexity index is 1430. The summed E-state index contributed by atoms with van der Waals surface area (Å²) in [4.78, 5) is 31.5. The predicted octanol–water partition coefficient (Wildman–Crippen LogP) is 4.34. The number of aromatic amines is 1. The van der Waals surface area contributed by atoms with Crippen molar-refractivity contribution in [2.45, 2.75) is 26.5 Å². The lowest BCUT2D eigenvalue weighted by Crippen LogP contribution is -2.36. The first-order valence-corrected chi connectivity index (χ1v) is 11.0. The molecule has 1 heterocycles. The largest absolute Gasteiger partial charge is 0.508 e. The number of phenols is 1. The molecule has 3 aromatic carbocycles. The van der Waals surface area contributed by atoms with Gasteiger partial charge in [0.25, 0.3) is 5.91 Å². The Morgan fingerprint density at radius 1 is 1.09 bits per heavy atom.